The van der Waals surface area contributed by atoms with Gasteiger partial charge in [0.25, 0.3) is 0 Å². The van der Waals surface area contributed by atoms with Crippen molar-refractivity contribution in [2.24, 2.45) is 11.5 Å². The van der Waals surface area contributed by atoms with Crippen molar-refractivity contribution in [1.29, 1.82) is 0 Å². The van der Waals surface area contributed by atoms with Crippen molar-refractivity contribution in [3.05, 3.63) is 24.8 Å². The summed E-state index contributed by atoms with van der Waals surface area (Å²) in [6, 6.07) is 3.27. The maximum absolute atomic E-state index is 9.79. The van der Waals surface area contributed by atoms with Crippen LogP contribution in [0.3, 0.4) is 0 Å². The van der Waals surface area contributed by atoms with Gasteiger partial charge < -0.3 is 16.6 Å². The molecule has 5 N–H and O–H groups in total. The second-order valence-corrected chi connectivity index (χ2v) is 5.62. The molecule has 14 heavy (non-hydrogen) atoms. The summed E-state index contributed by atoms with van der Waals surface area (Å²) in [6.45, 7) is 1.83. The molecule has 0 aliphatic rings. The Hall–Kier alpha value is 0.400. The Morgan fingerprint density at radius 3 is 2.36 bits per heavy atom. The molecule has 0 saturated heterocycles. The van der Waals surface area contributed by atoms with E-state index in [0.29, 0.717) is 0 Å². The van der Waals surface area contributed by atoms with Crippen molar-refractivity contribution < 1.29 is 5.11 Å². The first-order valence-electron chi connectivity index (χ1n) is 4.12. The summed E-state index contributed by atoms with van der Waals surface area (Å²) >= 11 is 4.27. The Morgan fingerprint density at radius 2 is 1.86 bits per heavy atom. The minimum atomic E-state index is -0.321. The summed E-state index contributed by atoms with van der Waals surface area (Å²) in [6.07, 6.45) is 0. The molecule has 0 heterocycles. The van der Waals surface area contributed by atoms with Gasteiger partial charge in [0.1, 0.15) is 5.75 Å². The Morgan fingerprint density at radius 1 is 1.29 bits per heavy atom. The SMILES string of the molecule is C[C@H](N)[C@@H](N)c1cc(I)cc(I)c1O. The van der Waals surface area contributed by atoms with E-state index in [2.05, 4.69) is 45.2 Å². The van der Waals surface area contributed by atoms with Crippen LogP contribution in [0, 0.1) is 7.14 Å². The van der Waals surface area contributed by atoms with Gasteiger partial charge in [0.05, 0.1) is 3.57 Å². The topological polar surface area (TPSA) is 72.3 Å². The van der Waals surface area contributed by atoms with E-state index in [1.807, 2.05) is 19.1 Å². The molecule has 0 fully saturated rings. The number of phenolic OH excluding ortho intramolecular Hbond substituents is 1. The molecular formula is C9H12I2N2O. The van der Waals surface area contributed by atoms with Crippen LogP contribution in [-0.2, 0) is 0 Å². The predicted molar refractivity (Wildman–Crippen MR) is 74.1 cm³/mol. The molecule has 1 aromatic rings. The molecule has 78 valence electrons. The molecule has 0 aromatic heterocycles. The number of hydrogen-bond donors (Lipinski definition) is 3. The number of hydrogen-bond acceptors (Lipinski definition) is 3. The minimum absolute atomic E-state index is 0.171. The largest absolute Gasteiger partial charge is 0.506 e. The average molecular weight is 418 g/mol. The molecule has 0 aliphatic carbocycles. The summed E-state index contributed by atoms with van der Waals surface area (Å²) in [5.41, 5.74) is 12.3. The second kappa shape index (κ2) is 4.95. The van der Waals surface area contributed by atoms with Crippen LogP contribution in [0.15, 0.2) is 12.1 Å². The quantitative estimate of drug-likeness (QED) is 0.644. The van der Waals surface area contributed by atoms with E-state index in [4.69, 9.17) is 11.5 Å². The van der Waals surface area contributed by atoms with E-state index < -0.39 is 0 Å². The monoisotopic (exact) mass is 418 g/mol. The molecule has 2 atom stereocenters. The molecule has 0 bridgehead atoms. The predicted octanol–water partition coefficient (Wildman–Crippen LogP) is 1.95. The lowest BCUT2D eigenvalue weighted by Crippen LogP contribution is -2.31. The van der Waals surface area contributed by atoms with Crippen LogP contribution in [0.1, 0.15) is 18.5 Å². The number of phenols is 1. The van der Waals surface area contributed by atoms with Gasteiger partial charge >= 0.3 is 0 Å². The third-order valence-corrected chi connectivity index (χ3v) is 3.43. The molecule has 0 radical (unpaired) electrons. The van der Waals surface area contributed by atoms with E-state index in [0.717, 1.165) is 12.7 Å². The zero-order valence-electron chi connectivity index (χ0n) is 7.67. The van der Waals surface area contributed by atoms with Crippen LogP contribution in [0.2, 0.25) is 0 Å². The Bertz CT molecular complexity index is 342. The maximum Gasteiger partial charge on any atom is 0.133 e. The first-order chi connectivity index (χ1) is 6.43. The van der Waals surface area contributed by atoms with Gasteiger partial charge in [0.2, 0.25) is 0 Å². The summed E-state index contributed by atoms with van der Waals surface area (Å²) in [4.78, 5) is 0. The van der Waals surface area contributed by atoms with Crippen molar-refractivity contribution in [2.45, 2.75) is 19.0 Å². The molecule has 3 nitrogen and oxygen atoms in total. The third-order valence-electron chi connectivity index (χ3n) is 1.98. The fourth-order valence-corrected chi connectivity index (χ4v) is 3.01. The van der Waals surface area contributed by atoms with Gasteiger partial charge in [-0.3, -0.25) is 0 Å². The van der Waals surface area contributed by atoms with Crippen molar-refractivity contribution in [2.75, 3.05) is 0 Å². The summed E-state index contributed by atoms with van der Waals surface area (Å²) in [5, 5.41) is 9.79. The number of nitrogens with two attached hydrogens (primary N) is 2. The van der Waals surface area contributed by atoms with Crippen molar-refractivity contribution in [1.82, 2.24) is 0 Å². The first-order valence-corrected chi connectivity index (χ1v) is 6.28. The normalized spacial score (nSPS) is 15.2. The van der Waals surface area contributed by atoms with Crippen LogP contribution < -0.4 is 11.5 Å². The van der Waals surface area contributed by atoms with Gasteiger partial charge in [-0.2, -0.15) is 0 Å². The first kappa shape index (κ1) is 12.5. The van der Waals surface area contributed by atoms with E-state index in [-0.39, 0.29) is 17.8 Å². The number of aromatic hydroxyl groups is 1. The van der Waals surface area contributed by atoms with Crippen molar-refractivity contribution >= 4 is 45.2 Å². The highest BCUT2D eigenvalue weighted by Gasteiger charge is 2.17. The lowest BCUT2D eigenvalue weighted by atomic mass is 10.0. The van der Waals surface area contributed by atoms with Crippen LogP contribution in [0.25, 0.3) is 0 Å². The summed E-state index contributed by atoms with van der Waals surface area (Å²) < 4.78 is 1.86. The number of benzene rings is 1. The highest BCUT2D eigenvalue weighted by atomic mass is 127. The Labute approximate surface area is 111 Å². The van der Waals surface area contributed by atoms with Crippen LogP contribution in [-0.4, -0.2) is 11.1 Å². The van der Waals surface area contributed by atoms with Gasteiger partial charge in [-0.1, -0.05) is 0 Å². The van der Waals surface area contributed by atoms with Gasteiger partial charge in [-0.05, 0) is 64.2 Å². The highest BCUT2D eigenvalue weighted by Crippen LogP contribution is 2.31. The van der Waals surface area contributed by atoms with Gasteiger partial charge in [0.15, 0.2) is 0 Å². The fraction of sp³-hybridized carbons (Fsp3) is 0.333. The zero-order valence-corrected chi connectivity index (χ0v) is 12.0. The molecule has 1 aromatic carbocycles. The Balaban J connectivity index is 3.20. The van der Waals surface area contributed by atoms with Crippen molar-refractivity contribution in [3.63, 3.8) is 0 Å². The van der Waals surface area contributed by atoms with E-state index in [9.17, 15) is 5.11 Å². The second-order valence-electron chi connectivity index (χ2n) is 3.21. The van der Waals surface area contributed by atoms with Crippen LogP contribution in [0.5, 0.6) is 5.75 Å². The Kier molecular flexibility index (Phi) is 4.41. The van der Waals surface area contributed by atoms with Gasteiger partial charge in [-0.25, -0.2) is 0 Å². The lowest BCUT2D eigenvalue weighted by molar-refractivity contribution is 0.450. The molecular weight excluding hydrogens is 406 g/mol. The lowest BCUT2D eigenvalue weighted by Gasteiger charge is -2.18. The molecule has 0 saturated carbocycles. The zero-order chi connectivity index (χ0) is 10.9. The van der Waals surface area contributed by atoms with Crippen LogP contribution in [0.4, 0.5) is 0 Å². The van der Waals surface area contributed by atoms with Crippen LogP contribution >= 0.6 is 45.2 Å². The standard InChI is InChI=1S/C9H12I2N2O/c1-4(12)8(13)6-2-5(10)3-7(11)9(6)14/h2-4,8,14H,12-13H2,1H3/t4-,8+/m0/s1. The van der Waals surface area contributed by atoms with Gasteiger partial charge in [0, 0.05) is 21.2 Å². The summed E-state index contributed by atoms with van der Waals surface area (Å²) in [5.74, 6) is 0.246. The average Bonchev–Trinajstić information content (AvgIpc) is 2.09. The minimum Gasteiger partial charge on any atom is -0.506 e. The highest BCUT2D eigenvalue weighted by molar-refractivity contribution is 14.1. The van der Waals surface area contributed by atoms with E-state index in [1.54, 1.807) is 0 Å². The molecule has 0 unspecified atom stereocenters. The maximum atomic E-state index is 9.79. The van der Waals surface area contributed by atoms with E-state index in [1.165, 1.54) is 0 Å². The molecule has 0 aliphatic heterocycles. The smallest absolute Gasteiger partial charge is 0.133 e. The fourth-order valence-electron chi connectivity index (χ4n) is 1.12. The molecule has 0 spiro atoms. The van der Waals surface area contributed by atoms with Crippen molar-refractivity contribution in [3.8, 4) is 5.75 Å². The molecule has 0 amide bonds. The molecule has 1 rings (SSSR count). The number of rotatable bonds is 2. The number of halogens is 2. The van der Waals surface area contributed by atoms with Gasteiger partial charge in [-0.15, -0.1) is 0 Å². The van der Waals surface area contributed by atoms with E-state index >= 15 is 0 Å². The third kappa shape index (κ3) is 2.71. The molecule has 5 heteroatoms. The summed E-state index contributed by atoms with van der Waals surface area (Å²) in [7, 11) is 0.